The molecule has 0 aromatic heterocycles. The first-order valence-electron chi connectivity index (χ1n) is 8.72. The fourth-order valence-corrected chi connectivity index (χ4v) is 3.91. The van der Waals surface area contributed by atoms with E-state index in [-0.39, 0.29) is 0 Å². The van der Waals surface area contributed by atoms with Crippen LogP contribution in [0.3, 0.4) is 0 Å². The molecule has 0 amide bonds. The van der Waals surface area contributed by atoms with Crippen LogP contribution < -0.4 is 4.72 Å². The van der Waals surface area contributed by atoms with Crippen molar-refractivity contribution in [2.75, 3.05) is 19.3 Å². The molecule has 23 heavy (non-hydrogen) atoms. The molecule has 1 unspecified atom stereocenters. The number of aryl methyl sites for hydroxylation is 1. The standard InChI is InChI=1S/C18H30N2O2S/c1-4-10-20(11-5-2)18-9-8-16-7-6-15(12-17(16)13-18)14-19-23(3,21)22/h6-7,12,18-19H,4-5,8-11,13-14H2,1-3H3. The van der Waals surface area contributed by atoms with Crippen molar-refractivity contribution >= 4 is 10.0 Å². The lowest BCUT2D eigenvalue weighted by molar-refractivity contribution is 0.180. The highest BCUT2D eigenvalue weighted by molar-refractivity contribution is 7.88. The molecule has 1 aliphatic rings. The fourth-order valence-electron chi connectivity index (χ4n) is 3.48. The molecule has 0 aliphatic heterocycles. The highest BCUT2D eigenvalue weighted by Crippen LogP contribution is 2.26. The smallest absolute Gasteiger partial charge is 0.209 e. The highest BCUT2D eigenvalue weighted by Gasteiger charge is 2.23. The van der Waals surface area contributed by atoms with Gasteiger partial charge in [-0.2, -0.15) is 0 Å². The Labute approximate surface area is 141 Å². The number of fused-ring (bicyclic) bond motifs is 1. The Balaban J connectivity index is 2.08. The maximum absolute atomic E-state index is 11.3. The van der Waals surface area contributed by atoms with E-state index in [9.17, 15) is 8.42 Å². The van der Waals surface area contributed by atoms with Crippen LogP contribution in [0.4, 0.5) is 0 Å². The first kappa shape index (κ1) is 18.4. The SMILES string of the molecule is CCCN(CCC)C1CCc2ccc(CNS(C)(=O)=O)cc2C1. The second-order valence-electron chi connectivity index (χ2n) is 6.63. The average molecular weight is 339 g/mol. The molecule has 1 atom stereocenters. The van der Waals surface area contributed by atoms with E-state index >= 15 is 0 Å². The quantitative estimate of drug-likeness (QED) is 0.793. The summed E-state index contributed by atoms with van der Waals surface area (Å²) in [6.45, 7) is 7.21. The topological polar surface area (TPSA) is 49.4 Å². The lowest BCUT2D eigenvalue weighted by Gasteiger charge is -2.35. The van der Waals surface area contributed by atoms with Gasteiger partial charge in [0, 0.05) is 12.6 Å². The van der Waals surface area contributed by atoms with Crippen LogP contribution in [0.2, 0.25) is 0 Å². The number of sulfonamides is 1. The Bertz CT molecular complexity index is 607. The van der Waals surface area contributed by atoms with E-state index < -0.39 is 10.0 Å². The summed E-state index contributed by atoms with van der Waals surface area (Å²) in [5.74, 6) is 0. The van der Waals surface area contributed by atoms with Crippen LogP contribution in [-0.2, 0) is 29.4 Å². The summed E-state index contributed by atoms with van der Waals surface area (Å²) in [6.07, 6.45) is 7.04. The molecule has 0 bridgehead atoms. The second-order valence-corrected chi connectivity index (χ2v) is 8.46. The Morgan fingerprint density at radius 1 is 1.17 bits per heavy atom. The molecular weight excluding hydrogens is 308 g/mol. The summed E-state index contributed by atoms with van der Waals surface area (Å²) in [6, 6.07) is 7.04. The van der Waals surface area contributed by atoms with E-state index in [2.05, 4.69) is 35.6 Å². The van der Waals surface area contributed by atoms with Gasteiger partial charge in [0.1, 0.15) is 0 Å². The van der Waals surface area contributed by atoms with E-state index in [1.165, 1.54) is 49.7 Å². The molecule has 0 radical (unpaired) electrons. The van der Waals surface area contributed by atoms with Gasteiger partial charge in [0.15, 0.2) is 0 Å². The molecule has 130 valence electrons. The fraction of sp³-hybridized carbons (Fsp3) is 0.667. The van der Waals surface area contributed by atoms with E-state index in [1.807, 2.05) is 6.07 Å². The van der Waals surface area contributed by atoms with Gasteiger partial charge in [0.05, 0.1) is 6.26 Å². The number of hydrogen-bond acceptors (Lipinski definition) is 3. The van der Waals surface area contributed by atoms with Gasteiger partial charge >= 0.3 is 0 Å². The Morgan fingerprint density at radius 2 is 1.87 bits per heavy atom. The van der Waals surface area contributed by atoms with E-state index in [0.29, 0.717) is 12.6 Å². The van der Waals surface area contributed by atoms with Crippen molar-refractivity contribution in [2.24, 2.45) is 0 Å². The minimum Gasteiger partial charge on any atom is -0.300 e. The molecular formula is C18H30N2O2S. The van der Waals surface area contributed by atoms with Crippen molar-refractivity contribution in [3.63, 3.8) is 0 Å². The largest absolute Gasteiger partial charge is 0.300 e. The third kappa shape index (κ3) is 5.59. The maximum Gasteiger partial charge on any atom is 0.209 e. The van der Waals surface area contributed by atoms with Gasteiger partial charge in [-0.05, 0) is 61.9 Å². The molecule has 5 heteroatoms. The Hall–Kier alpha value is -0.910. The van der Waals surface area contributed by atoms with Crippen molar-refractivity contribution in [3.05, 3.63) is 34.9 Å². The summed E-state index contributed by atoms with van der Waals surface area (Å²) in [5, 5.41) is 0. The zero-order chi connectivity index (χ0) is 16.9. The number of nitrogens with one attached hydrogen (secondary N) is 1. The molecule has 0 fully saturated rings. The predicted molar refractivity (Wildman–Crippen MR) is 96.1 cm³/mol. The minimum atomic E-state index is -3.14. The Kier molecular flexibility index (Phi) is 6.62. The summed E-state index contributed by atoms with van der Waals surface area (Å²) >= 11 is 0. The van der Waals surface area contributed by atoms with E-state index in [0.717, 1.165) is 18.4 Å². The van der Waals surface area contributed by atoms with Gasteiger partial charge in [0.25, 0.3) is 0 Å². The van der Waals surface area contributed by atoms with Crippen LogP contribution in [0.1, 0.15) is 49.8 Å². The molecule has 1 aromatic carbocycles. The summed E-state index contributed by atoms with van der Waals surface area (Å²) in [7, 11) is -3.14. The predicted octanol–water partition coefficient (Wildman–Crippen LogP) is 2.72. The second kappa shape index (κ2) is 8.27. The molecule has 0 saturated carbocycles. The average Bonchev–Trinajstić information content (AvgIpc) is 2.51. The maximum atomic E-state index is 11.3. The normalized spacial score (nSPS) is 18.2. The molecule has 4 nitrogen and oxygen atoms in total. The first-order chi connectivity index (χ1) is 10.9. The summed E-state index contributed by atoms with van der Waals surface area (Å²) in [5.41, 5.74) is 3.87. The van der Waals surface area contributed by atoms with Gasteiger partial charge in [-0.1, -0.05) is 32.0 Å². The zero-order valence-corrected chi connectivity index (χ0v) is 15.5. The van der Waals surface area contributed by atoms with Crippen molar-refractivity contribution in [1.82, 2.24) is 9.62 Å². The molecule has 1 aliphatic carbocycles. The van der Waals surface area contributed by atoms with Crippen LogP contribution in [-0.4, -0.2) is 38.7 Å². The van der Waals surface area contributed by atoms with Gasteiger partial charge in [-0.3, -0.25) is 0 Å². The molecule has 2 rings (SSSR count). The monoisotopic (exact) mass is 338 g/mol. The van der Waals surface area contributed by atoms with Gasteiger partial charge in [-0.25, -0.2) is 13.1 Å². The third-order valence-corrected chi connectivity index (χ3v) is 5.22. The van der Waals surface area contributed by atoms with Gasteiger partial charge in [-0.15, -0.1) is 0 Å². The summed E-state index contributed by atoms with van der Waals surface area (Å²) in [4.78, 5) is 2.63. The molecule has 0 saturated heterocycles. The van der Waals surface area contributed by atoms with Crippen molar-refractivity contribution in [2.45, 2.75) is 58.5 Å². The van der Waals surface area contributed by atoms with Crippen LogP contribution in [0.5, 0.6) is 0 Å². The number of nitrogens with zero attached hydrogens (tertiary/aromatic N) is 1. The zero-order valence-electron chi connectivity index (χ0n) is 14.6. The van der Waals surface area contributed by atoms with Crippen LogP contribution >= 0.6 is 0 Å². The lowest BCUT2D eigenvalue weighted by atomic mass is 9.86. The lowest BCUT2D eigenvalue weighted by Crippen LogP contribution is -2.40. The molecule has 0 spiro atoms. The van der Waals surface area contributed by atoms with Crippen molar-refractivity contribution in [1.29, 1.82) is 0 Å². The van der Waals surface area contributed by atoms with E-state index in [4.69, 9.17) is 0 Å². The first-order valence-corrected chi connectivity index (χ1v) is 10.6. The number of hydrogen-bond donors (Lipinski definition) is 1. The Morgan fingerprint density at radius 3 is 2.48 bits per heavy atom. The van der Waals surface area contributed by atoms with Crippen LogP contribution in [0.15, 0.2) is 18.2 Å². The minimum absolute atomic E-state index is 0.379. The molecule has 1 aromatic rings. The van der Waals surface area contributed by atoms with Crippen molar-refractivity contribution < 1.29 is 8.42 Å². The van der Waals surface area contributed by atoms with Crippen LogP contribution in [0.25, 0.3) is 0 Å². The number of benzene rings is 1. The number of rotatable bonds is 8. The van der Waals surface area contributed by atoms with Gasteiger partial charge < -0.3 is 4.90 Å². The van der Waals surface area contributed by atoms with Gasteiger partial charge in [0.2, 0.25) is 10.0 Å². The van der Waals surface area contributed by atoms with E-state index in [1.54, 1.807) is 0 Å². The highest BCUT2D eigenvalue weighted by atomic mass is 32.2. The molecule has 1 N–H and O–H groups in total. The summed E-state index contributed by atoms with van der Waals surface area (Å²) < 4.78 is 25.1. The third-order valence-electron chi connectivity index (χ3n) is 4.55. The molecule has 0 heterocycles. The van der Waals surface area contributed by atoms with Crippen molar-refractivity contribution in [3.8, 4) is 0 Å². The van der Waals surface area contributed by atoms with Crippen LogP contribution in [0, 0.1) is 0 Å².